The number of hydrogen-bond donors (Lipinski definition) is 0. The molecule has 0 saturated carbocycles. The van der Waals surface area contributed by atoms with Gasteiger partial charge in [-0.15, -0.1) is 0 Å². The van der Waals surface area contributed by atoms with Crippen LogP contribution in [0.2, 0.25) is 0 Å². The number of pyridine rings is 1. The molecule has 3 rings (SSSR count). The van der Waals surface area contributed by atoms with Crippen molar-refractivity contribution in [1.29, 1.82) is 0 Å². The van der Waals surface area contributed by atoms with Crippen molar-refractivity contribution in [2.75, 3.05) is 19.8 Å². The van der Waals surface area contributed by atoms with Crippen molar-refractivity contribution in [2.45, 2.75) is 69.8 Å². The van der Waals surface area contributed by atoms with E-state index in [1.54, 1.807) is 0 Å². The summed E-state index contributed by atoms with van der Waals surface area (Å²) in [6.07, 6.45) is 0.785. The van der Waals surface area contributed by atoms with Crippen molar-refractivity contribution >= 4 is 0 Å². The standard InChI is InChI=1S/C19H27F3N2O2/c1-17(2,3)26-13-18-8-4-10-24(18)15(7-9-18)12-25-16-6-5-14(11-23-16)19(20,21)22/h5-6,11,15H,4,7-10,12-13H2,1-3H3/t15-,18-/m0/s1. The third-order valence-corrected chi connectivity index (χ3v) is 5.30. The predicted molar refractivity (Wildman–Crippen MR) is 92.1 cm³/mol. The van der Waals surface area contributed by atoms with Gasteiger partial charge in [0.25, 0.3) is 0 Å². The maximum atomic E-state index is 12.6. The van der Waals surface area contributed by atoms with Gasteiger partial charge in [-0.1, -0.05) is 0 Å². The van der Waals surface area contributed by atoms with Crippen LogP contribution in [0.1, 0.15) is 52.0 Å². The lowest BCUT2D eigenvalue weighted by Gasteiger charge is -2.37. The molecule has 0 aliphatic carbocycles. The molecule has 0 aromatic carbocycles. The van der Waals surface area contributed by atoms with Crippen molar-refractivity contribution in [2.24, 2.45) is 0 Å². The van der Waals surface area contributed by atoms with Gasteiger partial charge < -0.3 is 9.47 Å². The van der Waals surface area contributed by atoms with Gasteiger partial charge in [-0.25, -0.2) is 4.98 Å². The molecule has 0 N–H and O–H groups in total. The monoisotopic (exact) mass is 372 g/mol. The maximum absolute atomic E-state index is 12.6. The van der Waals surface area contributed by atoms with Gasteiger partial charge in [0, 0.05) is 23.8 Å². The predicted octanol–water partition coefficient (Wildman–Crippen LogP) is 4.29. The Bertz CT molecular complexity index is 613. The zero-order valence-corrected chi connectivity index (χ0v) is 15.6. The Kier molecular flexibility index (Phi) is 5.23. The highest BCUT2D eigenvalue weighted by molar-refractivity contribution is 5.20. The van der Waals surface area contributed by atoms with Crippen molar-refractivity contribution < 1.29 is 22.6 Å². The first-order chi connectivity index (χ1) is 12.1. The molecule has 0 unspecified atom stereocenters. The van der Waals surface area contributed by atoms with Crippen LogP contribution in [-0.4, -0.2) is 46.8 Å². The first kappa shape index (κ1) is 19.4. The summed E-state index contributed by atoms with van der Waals surface area (Å²) in [5.74, 6) is 0.237. The molecular weight excluding hydrogens is 345 g/mol. The Hall–Kier alpha value is -1.34. The fraction of sp³-hybridized carbons (Fsp3) is 0.737. The zero-order valence-electron chi connectivity index (χ0n) is 15.6. The smallest absolute Gasteiger partial charge is 0.417 e. The summed E-state index contributed by atoms with van der Waals surface area (Å²) in [6, 6.07) is 2.55. The fourth-order valence-electron chi connectivity index (χ4n) is 3.96. The third kappa shape index (κ3) is 4.31. The normalized spacial score (nSPS) is 26.9. The van der Waals surface area contributed by atoms with E-state index in [2.05, 4.69) is 30.7 Å². The summed E-state index contributed by atoms with van der Waals surface area (Å²) in [5, 5.41) is 0. The lowest BCUT2D eigenvalue weighted by Crippen LogP contribution is -2.48. The van der Waals surface area contributed by atoms with Crippen molar-refractivity contribution in [3.8, 4) is 5.88 Å². The van der Waals surface area contributed by atoms with Crippen LogP contribution in [0.5, 0.6) is 5.88 Å². The molecule has 0 spiro atoms. The third-order valence-electron chi connectivity index (χ3n) is 5.30. The van der Waals surface area contributed by atoms with Crippen molar-refractivity contribution in [1.82, 2.24) is 9.88 Å². The quantitative estimate of drug-likeness (QED) is 0.772. The van der Waals surface area contributed by atoms with Crippen molar-refractivity contribution in [3.63, 3.8) is 0 Å². The van der Waals surface area contributed by atoms with E-state index in [-0.39, 0.29) is 23.1 Å². The number of nitrogens with zero attached hydrogens (tertiary/aromatic N) is 2. The summed E-state index contributed by atoms with van der Waals surface area (Å²) in [4.78, 5) is 6.27. The van der Waals surface area contributed by atoms with Crippen LogP contribution < -0.4 is 4.74 Å². The minimum absolute atomic E-state index is 0.0783. The van der Waals surface area contributed by atoms with E-state index in [0.717, 1.165) is 44.5 Å². The largest absolute Gasteiger partial charge is 0.476 e. The van der Waals surface area contributed by atoms with E-state index in [4.69, 9.17) is 9.47 Å². The minimum atomic E-state index is -4.38. The lowest BCUT2D eigenvalue weighted by molar-refractivity contribution is -0.137. The number of halogens is 3. The summed E-state index contributed by atoms with van der Waals surface area (Å²) in [5.41, 5.74) is -0.847. The van der Waals surface area contributed by atoms with E-state index in [1.165, 1.54) is 6.07 Å². The average molecular weight is 372 g/mol. The van der Waals surface area contributed by atoms with Gasteiger partial charge in [0.1, 0.15) is 6.61 Å². The molecule has 2 aliphatic rings. The zero-order chi connectivity index (χ0) is 19.0. The second kappa shape index (κ2) is 7.00. The number of alkyl halides is 3. The molecule has 146 valence electrons. The van der Waals surface area contributed by atoms with Crippen LogP contribution in [0.25, 0.3) is 0 Å². The molecule has 1 aromatic heterocycles. The van der Waals surface area contributed by atoms with E-state index in [9.17, 15) is 13.2 Å². The number of rotatable bonds is 5. The second-order valence-electron chi connectivity index (χ2n) is 8.31. The molecule has 2 fully saturated rings. The van der Waals surface area contributed by atoms with Gasteiger partial charge in [-0.2, -0.15) is 13.2 Å². The van der Waals surface area contributed by atoms with E-state index in [0.29, 0.717) is 13.2 Å². The topological polar surface area (TPSA) is 34.6 Å². The maximum Gasteiger partial charge on any atom is 0.417 e. The summed E-state index contributed by atoms with van der Waals surface area (Å²) < 4.78 is 49.6. The van der Waals surface area contributed by atoms with E-state index >= 15 is 0 Å². The first-order valence-electron chi connectivity index (χ1n) is 9.16. The minimum Gasteiger partial charge on any atom is -0.476 e. The number of ether oxygens (including phenoxy) is 2. The molecule has 26 heavy (non-hydrogen) atoms. The Balaban J connectivity index is 1.58. The lowest BCUT2D eigenvalue weighted by atomic mass is 9.95. The molecule has 0 amide bonds. The van der Waals surface area contributed by atoms with E-state index < -0.39 is 11.7 Å². The van der Waals surface area contributed by atoms with Crippen molar-refractivity contribution in [3.05, 3.63) is 23.9 Å². The average Bonchev–Trinajstić information content (AvgIpc) is 3.09. The van der Waals surface area contributed by atoms with Crippen LogP contribution in [0.4, 0.5) is 13.2 Å². The Morgan fingerprint density at radius 1 is 1.23 bits per heavy atom. The molecule has 4 nitrogen and oxygen atoms in total. The van der Waals surface area contributed by atoms with Crippen LogP contribution in [0.3, 0.4) is 0 Å². The Labute approximate surface area is 152 Å². The van der Waals surface area contributed by atoms with Crippen LogP contribution in [0.15, 0.2) is 18.3 Å². The van der Waals surface area contributed by atoms with Crippen LogP contribution >= 0.6 is 0 Å². The Morgan fingerprint density at radius 2 is 2.00 bits per heavy atom. The molecule has 7 heteroatoms. The molecule has 2 saturated heterocycles. The van der Waals surface area contributed by atoms with Gasteiger partial charge >= 0.3 is 6.18 Å². The van der Waals surface area contributed by atoms with Crippen LogP contribution in [0, 0.1) is 0 Å². The van der Waals surface area contributed by atoms with Gasteiger partial charge in [0.05, 0.1) is 17.8 Å². The fourth-order valence-corrected chi connectivity index (χ4v) is 3.96. The number of fused-ring (bicyclic) bond motifs is 1. The SMILES string of the molecule is CC(C)(C)OC[C@@]12CCCN1[C@H](COc1ccc(C(F)(F)F)cn1)CC2. The first-order valence-corrected chi connectivity index (χ1v) is 9.16. The van der Waals surface area contributed by atoms with Gasteiger partial charge in [0.15, 0.2) is 0 Å². The van der Waals surface area contributed by atoms with Gasteiger partial charge in [-0.05, 0) is 59.1 Å². The summed E-state index contributed by atoms with van der Waals surface area (Å²) in [7, 11) is 0. The van der Waals surface area contributed by atoms with Gasteiger partial charge in [0.2, 0.25) is 5.88 Å². The highest BCUT2D eigenvalue weighted by Gasteiger charge is 2.49. The molecule has 2 atom stereocenters. The van der Waals surface area contributed by atoms with E-state index in [1.807, 2.05) is 0 Å². The highest BCUT2D eigenvalue weighted by Crippen LogP contribution is 2.43. The van der Waals surface area contributed by atoms with Gasteiger partial charge in [-0.3, -0.25) is 4.90 Å². The van der Waals surface area contributed by atoms with Crippen LogP contribution in [-0.2, 0) is 10.9 Å². The second-order valence-corrected chi connectivity index (χ2v) is 8.31. The molecule has 2 aliphatic heterocycles. The molecule has 3 heterocycles. The molecule has 0 bridgehead atoms. The highest BCUT2D eigenvalue weighted by atomic mass is 19.4. The number of hydrogen-bond acceptors (Lipinski definition) is 4. The number of aromatic nitrogens is 1. The molecule has 1 aromatic rings. The summed E-state index contributed by atoms with van der Waals surface area (Å²) >= 11 is 0. The Morgan fingerprint density at radius 3 is 2.62 bits per heavy atom. The molecule has 0 radical (unpaired) electrons. The molecular formula is C19H27F3N2O2. The summed E-state index contributed by atoms with van der Waals surface area (Å²) in [6.45, 7) is 8.36.